The fourth-order valence-electron chi connectivity index (χ4n) is 5.79. The summed E-state index contributed by atoms with van der Waals surface area (Å²) in [6.07, 6.45) is 3.68. The number of amides is 1. The van der Waals surface area contributed by atoms with Gasteiger partial charge in [0.15, 0.2) is 17.7 Å². The minimum atomic E-state index is -3.48. The third-order valence-electron chi connectivity index (χ3n) is 8.18. The molecule has 1 amide bonds. The van der Waals surface area contributed by atoms with Crippen LogP contribution >= 0.6 is 11.6 Å². The van der Waals surface area contributed by atoms with Crippen LogP contribution in [0.25, 0.3) is 16.9 Å². The fraction of sp³-hybridized carbons (Fsp3) is 0.323. The molecule has 0 bridgehead atoms. The number of rotatable bonds is 6. The Hall–Kier alpha value is -4.39. The molecule has 1 aliphatic heterocycles. The fourth-order valence-corrected chi connectivity index (χ4v) is 6.07. The molecule has 0 spiro atoms. The van der Waals surface area contributed by atoms with E-state index in [4.69, 9.17) is 16.3 Å². The van der Waals surface area contributed by atoms with Gasteiger partial charge in [0.2, 0.25) is 5.91 Å². The minimum Gasteiger partial charge on any atom is -0.464 e. The molecule has 0 N–H and O–H groups in total. The third-order valence-corrected chi connectivity index (χ3v) is 8.56. The lowest BCUT2D eigenvalue weighted by Crippen LogP contribution is -2.37. The molecule has 2 fully saturated rings. The Balaban J connectivity index is 1.36. The van der Waals surface area contributed by atoms with E-state index in [0.29, 0.717) is 23.2 Å². The van der Waals surface area contributed by atoms with Gasteiger partial charge < -0.3 is 9.64 Å². The number of carbonyl (C=O) groups is 1. The molecule has 4 aromatic heterocycles. The second-order valence-electron chi connectivity index (χ2n) is 11.3. The van der Waals surface area contributed by atoms with Crippen LogP contribution in [0.3, 0.4) is 0 Å². The molecular formula is C31H25ClF5N5O3. The van der Waals surface area contributed by atoms with E-state index in [1.54, 1.807) is 19.2 Å². The number of ether oxygens (including phenoxy) is 1. The highest BCUT2D eigenvalue weighted by atomic mass is 35.5. The number of likely N-dealkylation sites (tertiary alicyclic amines) is 1. The highest BCUT2D eigenvalue weighted by Crippen LogP contribution is 2.55. The summed E-state index contributed by atoms with van der Waals surface area (Å²) in [6.45, 7) is 2.84. The van der Waals surface area contributed by atoms with Crippen LogP contribution < -0.4 is 10.3 Å². The lowest BCUT2D eigenvalue weighted by molar-refractivity contribution is -0.129. The Bertz CT molecular complexity index is 1920. The molecule has 3 atom stereocenters. The van der Waals surface area contributed by atoms with E-state index in [-0.39, 0.29) is 28.1 Å². The van der Waals surface area contributed by atoms with Crippen molar-refractivity contribution in [3.05, 3.63) is 98.2 Å². The number of pyridine rings is 4. The van der Waals surface area contributed by atoms with Crippen LogP contribution in [0, 0.1) is 31.3 Å². The quantitative estimate of drug-likeness (QED) is 0.243. The van der Waals surface area contributed by atoms with Crippen molar-refractivity contribution in [2.24, 2.45) is 0 Å². The van der Waals surface area contributed by atoms with Crippen molar-refractivity contribution >= 4 is 17.5 Å². The molecule has 1 saturated heterocycles. The first-order valence-electron chi connectivity index (χ1n) is 13.9. The van der Waals surface area contributed by atoms with E-state index in [0.717, 1.165) is 34.9 Å². The van der Waals surface area contributed by atoms with Gasteiger partial charge in [0, 0.05) is 36.8 Å². The Morgan fingerprint density at radius 2 is 1.82 bits per heavy atom. The van der Waals surface area contributed by atoms with Crippen LogP contribution in [-0.2, 0) is 4.79 Å². The van der Waals surface area contributed by atoms with Crippen molar-refractivity contribution in [2.75, 3.05) is 13.1 Å². The zero-order chi connectivity index (χ0) is 32.4. The average molecular weight is 646 g/mol. The third kappa shape index (κ3) is 5.43. The topological polar surface area (TPSA) is 90.2 Å². The van der Waals surface area contributed by atoms with Crippen molar-refractivity contribution in [3.8, 4) is 22.8 Å². The molecule has 8 nitrogen and oxygen atoms in total. The summed E-state index contributed by atoms with van der Waals surface area (Å²) in [5.74, 6) is -7.94. The van der Waals surface area contributed by atoms with E-state index >= 15 is 8.78 Å². The van der Waals surface area contributed by atoms with Gasteiger partial charge in [-0.2, -0.15) is 0 Å². The first kappa shape index (κ1) is 30.6. The smallest absolute Gasteiger partial charge is 0.303 e. The van der Waals surface area contributed by atoms with Gasteiger partial charge in [0.1, 0.15) is 16.5 Å². The Morgan fingerprint density at radius 1 is 1.07 bits per heavy atom. The summed E-state index contributed by atoms with van der Waals surface area (Å²) in [5.41, 5.74) is -0.124. The lowest BCUT2D eigenvalue weighted by Gasteiger charge is -2.20. The molecular weight excluding hydrogens is 621 g/mol. The van der Waals surface area contributed by atoms with Crippen molar-refractivity contribution in [2.45, 2.75) is 51.1 Å². The second-order valence-corrected chi connectivity index (χ2v) is 11.7. The number of carbonyl (C=O) groups excluding carboxylic acids is 1. The zero-order valence-corrected chi connectivity index (χ0v) is 24.9. The number of hydrogen-bond acceptors (Lipinski definition) is 6. The zero-order valence-electron chi connectivity index (χ0n) is 24.1. The summed E-state index contributed by atoms with van der Waals surface area (Å²) >= 11 is 6.55. The van der Waals surface area contributed by atoms with Gasteiger partial charge in [-0.3, -0.25) is 24.1 Å². The summed E-state index contributed by atoms with van der Waals surface area (Å²) in [6, 6.07) is 4.14. The van der Waals surface area contributed by atoms with Gasteiger partial charge in [0.05, 0.1) is 25.0 Å². The normalized spacial score (nSPS) is 20.4. The highest BCUT2D eigenvalue weighted by Gasteiger charge is 2.51. The maximum absolute atomic E-state index is 16.3. The molecule has 14 heteroatoms. The van der Waals surface area contributed by atoms with Crippen LogP contribution in [-0.4, -0.2) is 55.4 Å². The molecule has 4 aromatic rings. The largest absolute Gasteiger partial charge is 0.464 e. The number of aryl methyl sites for hydroxylation is 2. The average Bonchev–Trinajstić information content (AvgIpc) is 3.71. The highest BCUT2D eigenvalue weighted by molar-refractivity contribution is 6.31. The lowest BCUT2D eigenvalue weighted by atomic mass is 10.0. The Kier molecular flexibility index (Phi) is 7.62. The molecule has 1 aliphatic carbocycles. The van der Waals surface area contributed by atoms with E-state index in [1.165, 1.54) is 19.2 Å². The minimum absolute atomic E-state index is 0.0906. The molecule has 1 unspecified atom stereocenters. The van der Waals surface area contributed by atoms with E-state index in [9.17, 15) is 22.8 Å². The molecule has 0 radical (unpaired) electrons. The van der Waals surface area contributed by atoms with Crippen LogP contribution in [0.1, 0.15) is 47.6 Å². The first-order valence-corrected chi connectivity index (χ1v) is 14.3. The molecule has 6 rings (SSSR count). The predicted molar refractivity (Wildman–Crippen MR) is 153 cm³/mol. The van der Waals surface area contributed by atoms with E-state index in [1.807, 2.05) is 0 Å². The predicted octanol–water partition coefficient (Wildman–Crippen LogP) is 5.89. The van der Waals surface area contributed by atoms with Crippen LogP contribution in [0.5, 0.6) is 5.88 Å². The summed E-state index contributed by atoms with van der Waals surface area (Å²) in [4.78, 5) is 37.7. The Labute approximate surface area is 258 Å². The van der Waals surface area contributed by atoms with Crippen LogP contribution in [0.15, 0.2) is 47.8 Å². The van der Waals surface area contributed by atoms with Crippen LogP contribution in [0.2, 0.25) is 5.02 Å². The van der Waals surface area contributed by atoms with Crippen molar-refractivity contribution in [1.82, 2.24) is 24.4 Å². The number of halogens is 6. The number of hydrogen-bond donors (Lipinski definition) is 0. The van der Waals surface area contributed by atoms with Gasteiger partial charge in [-0.25, -0.2) is 26.9 Å². The van der Waals surface area contributed by atoms with Crippen molar-refractivity contribution < 1.29 is 31.5 Å². The second kappa shape index (κ2) is 11.2. The SMILES string of the molecule is CC(=O)N1CC(Oc2nccc(-c3ncc(C)c(-n4c(C)cc([C@H]5C[C@@H]5c5cncc(F)c5)c(Cl)c4=O)c3F)c2F)C(F)(F)C1. The van der Waals surface area contributed by atoms with Crippen LogP contribution in [0.4, 0.5) is 22.0 Å². The molecule has 0 aromatic carbocycles. The van der Waals surface area contributed by atoms with Crippen molar-refractivity contribution in [3.63, 3.8) is 0 Å². The van der Waals surface area contributed by atoms with Gasteiger partial charge in [-0.05, 0) is 67.0 Å². The molecule has 234 valence electrons. The number of aromatic nitrogens is 4. The molecule has 5 heterocycles. The summed E-state index contributed by atoms with van der Waals surface area (Å²) in [5, 5.41) is -0.141. The van der Waals surface area contributed by atoms with Gasteiger partial charge in [0.25, 0.3) is 11.4 Å². The summed E-state index contributed by atoms with van der Waals surface area (Å²) in [7, 11) is 0. The standard InChI is InChI=1S/C31H25ClF5N5O3/c1-14-9-40-27(19-4-5-39-29(25(19)34)45-23-12-41(16(3)43)13-31(23,36)37)26(35)28(14)42-15(2)6-22(24(32)30(42)44)21-8-20(21)17-7-18(33)11-38-10-17/h4-7,9-11,20-21,23H,8,12-13H2,1-3H3/t20-,21+,23?/m1/s1. The number of alkyl halides is 2. The first-order chi connectivity index (χ1) is 21.3. The number of nitrogens with zero attached hydrogens (tertiary/aromatic N) is 5. The monoisotopic (exact) mass is 645 g/mol. The molecule has 1 saturated carbocycles. The van der Waals surface area contributed by atoms with Crippen molar-refractivity contribution in [1.29, 1.82) is 0 Å². The molecule has 2 aliphatic rings. The van der Waals surface area contributed by atoms with Gasteiger partial charge in [-0.1, -0.05) is 11.6 Å². The maximum atomic E-state index is 16.3. The van der Waals surface area contributed by atoms with Gasteiger partial charge in [-0.15, -0.1) is 0 Å². The maximum Gasteiger partial charge on any atom is 0.303 e. The molecule has 45 heavy (non-hydrogen) atoms. The summed E-state index contributed by atoms with van der Waals surface area (Å²) < 4.78 is 81.0. The van der Waals surface area contributed by atoms with E-state index in [2.05, 4.69) is 15.0 Å². The van der Waals surface area contributed by atoms with E-state index < -0.39 is 71.2 Å². The van der Waals surface area contributed by atoms with Gasteiger partial charge >= 0.3 is 5.92 Å². The Morgan fingerprint density at radius 3 is 2.51 bits per heavy atom.